The van der Waals surface area contributed by atoms with Gasteiger partial charge in [0.1, 0.15) is 11.4 Å². The lowest BCUT2D eigenvalue weighted by atomic mass is 10.1. The van der Waals surface area contributed by atoms with Crippen molar-refractivity contribution in [1.82, 2.24) is 0 Å². The number of nitrogens with zero attached hydrogens (tertiary/aromatic N) is 2. The second kappa shape index (κ2) is 5.37. The second-order valence-corrected chi connectivity index (χ2v) is 5.19. The Morgan fingerprint density at radius 1 is 0.762 bits per heavy atom. The van der Waals surface area contributed by atoms with Gasteiger partial charge in [-0.2, -0.15) is 5.11 Å². The van der Waals surface area contributed by atoms with Crippen LogP contribution in [0.3, 0.4) is 0 Å². The molecule has 3 aromatic carbocycles. The second-order valence-electron chi connectivity index (χ2n) is 5.19. The summed E-state index contributed by atoms with van der Waals surface area (Å²) in [6, 6.07) is 17.4. The predicted molar refractivity (Wildman–Crippen MR) is 85.7 cm³/mol. The molecule has 0 aliphatic heterocycles. The minimum Gasteiger partial charge on any atom is -0.506 e. The Morgan fingerprint density at radius 2 is 1.48 bits per heavy atom. The van der Waals surface area contributed by atoms with Crippen LogP contribution < -0.4 is 0 Å². The first-order valence-corrected chi connectivity index (χ1v) is 6.84. The maximum atomic E-state index is 10.0. The van der Waals surface area contributed by atoms with Crippen LogP contribution in [0.5, 0.6) is 5.75 Å². The summed E-state index contributed by atoms with van der Waals surface area (Å²) < 4.78 is 0. The van der Waals surface area contributed by atoms with Crippen molar-refractivity contribution < 1.29 is 5.11 Å². The highest BCUT2D eigenvalue weighted by Crippen LogP contribution is 2.36. The zero-order valence-corrected chi connectivity index (χ0v) is 12.0. The van der Waals surface area contributed by atoms with Crippen molar-refractivity contribution in [2.45, 2.75) is 13.8 Å². The van der Waals surface area contributed by atoms with Gasteiger partial charge in [-0.05, 0) is 37.4 Å². The molecule has 0 heterocycles. The van der Waals surface area contributed by atoms with Gasteiger partial charge in [0.2, 0.25) is 0 Å². The predicted octanol–water partition coefficient (Wildman–Crippen LogP) is 5.58. The van der Waals surface area contributed by atoms with Gasteiger partial charge < -0.3 is 5.11 Å². The number of hydrogen-bond acceptors (Lipinski definition) is 3. The summed E-state index contributed by atoms with van der Waals surface area (Å²) in [6.45, 7) is 4.07. The van der Waals surface area contributed by atoms with Gasteiger partial charge in [-0.3, -0.25) is 0 Å². The number of azo groups is 1. The molecule has 0 atom stereocenters. The summed E-state index contributed by atoms with van der Waals surface area (Å²) in [5.74, 6) is 0.141. The van der Waals surface area contributed by atoms with Crippen molar-refractivity contribution in [2.75, 3.05) is 0 Å². The molecule has 3 nitrogen and oxygen atoms in total. The minimum atomic E-state index is 0.141. The first kappa shape index (κ1) is 13.3. The number of phenolic OH excluding ortho intramolecular Hbond substituents is 1. The molecule has 0 aliphatic rings. The molecule has 0 aliphatic carbocycles. The van der Waals surface area contributed by atoms with E-state index in [-0.39, 0.29) is 5.75 Å². The van der Waals surface area contributed by atoms with Crippen molar-refractivity contribution in [2.24, 2.45) is 10.2 Å². The Hall–Kier alpha value is -2.68. The Kier molecular flexibility index (Phi) is 3.40. The van der Waals surface area contributed by atoms with E-state index in [4.69, 9.17) is 0 Å². The van der Waals surface area contributed by atoms with Crippen molar-refractivity contribution in [3.63, 3.8) is 0 Å². The highest BCUT2D eigenvalue weighted by atomic mass is 16.3. The van der Waals surface area contributed by atoms with E-state index in [1.54, 1.807) is 6.07 Å². The van der Waals surface area contributed by atoms with Gasteiger partial charge in [0.15, 0.2) is 0 Å². The quantitative estimate of drug-likeness (QED) is 0.610. The van der Waals surface area contributed by atoms with Crippen LogP contribution in [0, 0.1) is 13.8 Å². The number of aryl methyl sites for hydroxylation is 2. The first-order valence-electron chi connectivity index (χ1n) is 6.84. The number of hydrogen-bond donors (Lipinski definition) is 1. The summed E-state index contributed by atoms with van der Waals surface area (Å²) in [7, 11) is 0. The zero-order chi connectivity index (χ0) is 14.8. The molecular weight excluding hydrogens is 260 g/mol. The van der Waals surface area contributed by atoms with E-state index in [0.717, 1.165) is 16.5 Å². The van der Waals surface area contributed by atoms with Crippen molar-refractivity contribution in [3.8, 4) is 5.75 Å². The number of fused-ring (bicyclic) bond motifs is 1. The average molecular weight is 276 g/mol. The largest absolute Gasteiger partial charge is 0.506 e. The van der Waals surface area contributed by atoms with Gasteiger partial charge in [0.05, 0.1) is 5.69 Å². The topological polar surface area (TPSA) is 45.0 Å². The van der Waals surface area contributed by atoms with Crippen molar-refractivity contribution in [3.05, 3.63) is 65.7 Å². The Labute approximate surface area is 123 Å². The molecule has 3 rings (SSSR count). The molecule has 0 saturated heterocycles. The fourth-order valence-corrected chi connectivity index (χ4v) is 2.25. The molecular formula is C18H16N2O. The van der Waals surface area contributed by atoms with E-state index in [1.165, 1.54) is 11.1 Å². The van der Waals surface area contributed by atoms with Gasteiger partial charge in [0, 0.05) is 5.39 Å². The molecule has 0 radical (unpaired) electrons. The van der Waals surface area contributed by atoms with E-state index in [1.807, 2.05) is 56.3 Å². The van der Waals surface area contributed by atoms with E-state index < -0.39 is 0 Å². The summed E-state index contributed by atoms with van der Waals surface area (Å²) in [6.07, 6.45) is 0. The molecule has 0 spiro atoms. The summed E-state index contributed by atoms with van der Waals surface area (Å²) in [5, 5.41) is 20.4. The van der Waals surface area contributed by atoms with Gasteiger partial charge in [-0.15, -0.1) is 5.11 Å². The lowest BCUT2D eigenvalue weighted by Crippen LogP contribution is -1.77. The van der Waals surface area contributed by atoms with Crippen molar-refractivity contribution in [1.29, 1.82) is 0 Å². The third-order valence-corrected chi connectivity index (χ3v) is 3.43. The van der Waals surface area contributed by atoms with E-state index >= 15 is 0 Å². The molecule has 3 heteroatoms. The number of benzene rings is 3. The lowest BCUT2D eigenvalue weighted by molar-refractivity contribution is 0.477. The number of rotatable bonds is 2. The molecule has 1 N–H and O–H groups in total. The smallest absolute Gasteiger partial charge is 0.143 e. The lowest BCUT2D eigenvalue weighted by Gasteiger charge is -2.05. The Balaban J connectivity index is 2.07. The van der Waals surface area contributed by atoms with Crippen LogP contribution in [0.4, 0.5) is 11.4 Å². The molecule has 3 aromatic rings. The van der Waals surface area contributed by atoms with E-state index in [9.17, 15) is 5.11 Å². The summed E-state index contributed by atoms with van der Waals surface area (Å²) in [5.41, 5.74) is 3.63. The molecule has 0 amide bonds. The zero-order valence-electron chi connectivity index (χ0n) is 12.0. The number of aromatic hydroxyl groups is 1. The highest BCUT2D eigenvalue weighted by Gasteiger charge is 2.06. The number of phenols is 1. The maximum Gasteiger partial charge on any atom is 0.143 e. The van der Waals surface area contributed by atoms with Crippen LogP contribution in [-0.4, -0.2) is 5.11 Å². The van der Waals surface area contributed by atoms with Crippen LogP contribution in [0.25, 0.3) is 10.8 Å². The normalized spacial score (nSPS) is 11.3. The monoisotopic (exact) mass is 276 g/mol. The SMILES string of the molecule is Cc1ccc(N=Nc2c(O)ccc3cc(C)ccc23)cc1. The summed E-state index contributed by atoms with van der Waals surface area (Å²) in [4.78, 5) is 0. The molecule has 0 unspecified atom stereocenters. The fourth-order valence-electron chi connectivity index (χ4n) is 2.25. The van der Waals surface area contributed by atoms with Crippen LogP contribution in [0.1, 0.15) is 11.1 Å². The van der Waals surface area contributed by atoms with E-state index in [2.05, 4.69) is 16.3 Å². The van der Waals surface area contributed by atoms with Crippen LogP contribution in [-0.2, 0) is 0 Å². The van der Waals surface area contributed by atoms with E-state index in [0.29, 0.717) is 5.69 Å². The average Bonchev–Trinajstić information content (AvgIpc) is 2.48. The summed E-state index contributed by atoms with van der Waals surface area (Å²) >= 11 is 0. The Morgan fingerprint density at radius 3 is 2.24 bits per heavy atom. The molecule has 0 aromatic heterocycles. The standard InChI is InChI=1S/C18H16N2O/c1-12-3-7-15(8-4-12)19-20-18-16-9-5-13(2)11-14(16)6-10-17(18)21/h3-11,21H,1-2H3. The van der Waals surface area contributed by atoms with Crippen LogP contribution in [0.15, 0.2) is 64.8 Å². The molecule has 0 fully saturated rings. The first-order chi connectivity index (χ1) is 10.1. The van der Waals surface area contributed by atoms with Gasteiger partial charge >= 0.3 is 0 Å². The van der Waals surface area contributed by atoms with Gasteiger partial charge in [-0.1, -0.05) is 47.5 Å². The van der Waals surface area contributed by atoms with Gasteiger partial charge in [-0.25, -0.2) is 0 Å². The fraction of sp³-hybridized carbons (Fsp3) is 0.111. The maximum absolute atomic E-state index is 10.0. The molecule has 0 bridgehead atoms. The minimum absolute atomic E-state index is 0.141. The molecule has 21 heavy (non-hydrogen) atoms. The van der Waals surface area contributed by atoms with Crippen LogP contribution in [0.2, 0.25) is 0 Å². The van der Waals surface area contributed by atoms with Gasteiger partial charge in [0.25, 0.3) is 0 Å². The van der Waals surface area contributed by atoms with Crippen LogP contribution >= 0.6 is 0 Å². The third kappa shape index (κ3) is 2.77. The molecule has 0 saturated carbocycles. The Bertz CT molecular complexity index is 820. The third-order valence-electron chi connectivity index (χ3n) is 3.43. The highest BCUT2D eigenvalue weighted by molar-refractivity contribution is 5.95. The molecule has 104 valence electrons. The van der Waals surface area contributed by atoms with Crippen molar-refractivity contribution >= 4 is 22.1 Å².